The van der Waals surface area contributed by atoms with Gasteiger partial charge in [0, 0.05) is 36.4 Å². The van der Waals surface area contributed by atoms with E-state index in [0.717, 1.165) is 16.7 Å². The molecule has 2 N–H and O–H groups in total. The van der Waals surface area contributed by atoms with E-state index in [1.54, 1.807) is 36.3 Å². The molecule has 3 aromatic rings. The number of fused-ring (bicyclic) bond motifs is 1. The predicted molar refractivity (Wildman–Crippen MR) is 120 cm³/mol. The summed E-state index contributed by atoms with van der Waals surface area (Å²) in [7, 11) is 4.57. The third kappa shape index (κ3) is 3.76. The first kappa shape index (κ1) is 22.0. The standard InChI is InChI=1S/C23H24ClN3O5/c1-30-10-4-9-27-21(14-11-16(31-2)22(28)17(12-14)32-3)18-19(25-26-20(18)23(27)29)13-5-7-15(24)8-6-13/h5-8,11-12,21,28H,4,9-10H2,1-3H3,(H,25,26). The summed E-state index contributed by atoms with van der Waals surface area (Å²) in [5, 5.41) is 18.4. The zero-order valence-electron chi connectivity index (χ0n) is 18.0. The average molecular weight is 458 g/mol. The number of amides is 1. The number of ether oxygens (including phenoxy) is 3. The van der Waals surface area contributed by atoms with E-state index < -0.39 is 6.04 Å². The number of carbonyl (C=O) groups is 1. The molecule has 168 valence electrons. The van der Waals surface area contributed by atoms with Crippen molar-refractivity contribution >= 4 is 17.5 Å². The number of methoxy groups -OCH3 is 3. The fourth-order valence-corrected chi connectivity index (χ4v) is 4.18. The number of benzene rings is 2. The number of H-pyrrole nitrogens is 1. The maximum absolute atomic E-state index is 13.3. The zero-order valence-corrected chi connectivity index (χ0v) is 18.8. The fraction of sp³-hybridized carbons (Fsp3) is 0.304. The first-order valence-corrected chi connectivity index (χ1v) is 10.5. The van der Waals surface area contributed by atoms with E-state index in [9.17, 15) is 9.90 Å². The smallest absolute Gasteiger partial charge is 0.273 e. The second-order valence-electron chi connectivity index (χ2n) is 7.39. The van der Waals surface area contributed by atoms with E-state index in [1.807, 2.05) is 12.1 Å². The van der Waals surface area contributed by atoms with E-state index in [4.69, 9.17) is 25.8 Å². The highest BCUT2D eigenvalue weighted by Gasteiger charge is 2.42. The number of carbonyl (C=O) groups excluding carboxylic acids is 1. The molecular formula is C23H24ClN3O5. The number of aromatic hydroxyl groups is 1. The van der Waals surface area contributed by atoms with Crippen LogP contribution in [-0.4, -0.2) is 60.6 Å². The first-order valence-electron chi connectivity index (χ1n) is 10.1. The second-order valence-corrected chi connectivity index (χ2v) is 7.83. The van der Waals surface area contributed by atoms with Crippen molar-refractivity contribution in [1.29, 1.82) is 0 Å². The van der Waals surface area contributed by atoms with E-state index in [2.05, 4.69) is 10.2 Å². The van der Waals surface area contributed by atoms with E-state index >= 15 is 0 Å². The van der Waals surface area contributed by atoms with Crippen molar-refractivity contribution in [2.45, 2.75) is 12.5 Å². The van der Waals surface area contributed by atoms with Gasteiger partial charge >= 0.3 is 0 Å². The summed E-state index contributed by atoms with van der Waals surface area (Å²) in [6.07, 6.45) is 0.666. The van der Waals surface area contributed by atoms with Gasteiger partial charge in [0.2, 0.25) is 5.75 Å². The number of phenols is 1. The number of nitrogens with zero attached hydrogens (tertiary/aromatic N) is 2. The van der Waals surface area contributed by atoms with Crippen molar-refractivity contribution < 1.29 is 24.1 Å². The normalized spacial score (nSPS) is 15.2. The monoisotopic (exact) mass is 457 g/mol. The van der Waals surface area contributed by atoms with Crippen LogP contribution >= 0.6 is 11.6 Å². The van der Waals surface area contributed by atoms with Gasteiger partial charge < -0.3 is 24.2 Å². The lowest BCUT2D eigenvalue weighted by atomic mass is 9.95. The van der Waals surface area contributed by atoms with Gasteiger partial charge in [0.15, 0.2) is 11.5 Å². The third-order valence-corrected chi connectivity index (χ3v) is 5.80. The van der Waals surface area contributed by atoms with Gasteiger partial charge in [0.05, 0.1) is 26.0 Å². The summed E-state index contributed by atoms with van der Waals surface area (Å²) in [4.78, 5) is 15.1. The minimum Gasteiger partial charge on any atom is -0.502 e. The Balaban J connectivity index is 1.88. The topological polar surface area (TPSA) is 96.9 Å². The van der Waals surface area contributed by atoms with Crippen LogP contribution in [0.4, 0.5) is 0 Å². The Hall–Kier alpha value is -3.23. The van der Waals surface area contributed by atoms with Crippen LogP contribution in [0.2, 0.25) is 5.02 Å². The Morgan fingerprint density at radius 2 is 1.78 bits per heavy atom. The minimum absolute atomic E-state index is 0.0978. The largest absolute Gasteiger partial charge is 0.502 e. The lowest BCUT2D eigenvalue weighted by Gasteiger charge is -2.27. The van der Waals surface area contributed by atoms with Crippen LogP contribution in [0.3, 0.4) is 0 Å². The third-order valence-electron chi connectivity index (χ3n) is 5.55. The number of hydrogen-bond acceptors (Lipinski definition) is 6. The molecule has 0 aliphatic carbocycles. The van der Waals surface area contributed by atoms with Gasteiger partial charge in [-0.1, -0.05) is 23.7 Å². The fourth-order valence-electron chi connectivity index (χ4n) is 4.05. The molecule has 0 fully saturated rings. The van der Waals surface area contributed by atoms with Crippen molar-refractivity contribution in [2.24, 2.45) is 0 Å². The van der Waals surface area contributed by atoms with Crippen LogP contribution in [0, 0.1) is 0 Å². The predicted octanol–water partition coefficient (Wildman–Crippen LogP) is 4.03. The van der Waals surface area contributed by atoms with Crippen LogP contribution in [0.5, 0.6) is 17.2 Å². The van der Waals surface area contributed by atoms with Gasteiger partial charge in [-0.05, 0) is 36.2 Å². The summed E-state index contributed by atoms with van der Waals surface area (Å²) in [5.41, 5.74) is 3.42. The molecule has 9 heteroatoms. The van der Waals surface area contributed by atoms with Crippen LogP contribution in [0.15, 0.2) is 36.4 Å². The highest BCUT2D eigenvalue weighted by atomic mass is 35.5. The quantitative estimate of drug-likeness (QED) is 0.495. The Morgan fingerprint density at radius 3 is 2.38 bits per heavy atom. The maximum atomic E-state index is 13.3. The number of nitrogens with one attached hydrogen (secondary N) is 1. The van der Waals surface area contributed by atoms with Crippen LogP contribution in [0.1, 0.15) is 34.1 Å². The van der Waals surface area contributed by atoms with Gasteiger partial charge in [-0.3, -0.25) is 9.89 Å². The van der Waals surface area contributed by atoms with Gasteiger partial charge in [0.25, 0.3) is 5.91 Å². The van der Waals surface area contributed by atoms with E-state index in [-0.39, 0.29) is 23.2 Å². The molecule has 1 aliphatic heterocycles. The number of halogens is 1. The molecule has 8 nitrogen and oxygen atoms in total. The zero-order chi connectivity index (χ0) is 22.8. The molecule has 4 rings (SSSR count). The molecule has 0 spiro atoms. The first-order chi connectivity index (χ1) is 15.5. The molecular weight excluding hydrogens is 434 g/mol. The molecule has 1 aliphatic rings. The van der Waals surface area contributed by atoms with Crippen molar-refractivity contribution in [3.63, 3.8) is 0 Å². The lowest BCUT2D eigenvalue weighted by molar-refractivity contribution is 0.0723. The minimum atomic E-state index is -0.456. The van der Waals surface area contributed by atoms with Crippen LogP contribution in [0.25, 0.3) is 11.3 Å². The molecule has 1 amide bonds. The maximum Gasteiger partial charge on any atom is 0.273 e. The molecule has 32 heavy (non-hydrogen) atoms. The SMILES string of the molecule is COCCCN1C(=O)c2[nH]nc(-c3ccc(Cl)cc3)c2C1c1cc(OC)c(O)c(OC)c1. The Morgan fingerprint density at radius 1 is 1.12 bits per heavy atom. The van der Waals surface area contributed by atoms with Crippen molar-refractivity contribution in [3.05, 3.63) is 58.2 Å². The summed E-state index contributed by atoms with van der Waals surface area (Å²) in [5.74, 6) is 0.265. The van der Waals surface area contributed by atoms with Crippen molar-refractivity contribution in [2.75, 3.05) is 34.5 Å². The van der Waals surface area contributed by atoms with Gasteiger partial charge in [-0.25, -0.2) is 0 Å². The molecule has 0 saturated carbocycles. The highest BCUT2D eigenvalue weighted by Crippen LogP contribution is 2.47. The molecule has 2 aromatic carbocycles. The van der Waals surface area contributed by atoms with Crippen molar-refractivity contribution in [1.82, 2.24) is 15.1 Å². The lowest BCUT2D eigenvalue weighted by Crippen LogP contribution is -2.31. The van der Waals surface area contributed by atoms with Gasteiger partial charge in [-0.15, -0.1) is 0 Å². The van der Waals surface area contributed by atoms with Gasteiger partial charge in [0.1, 0.15) is 5.69 Å². The molecule has 1 unspecified atom stereocenters. The summed E-state index contributed by atoms with van der Waals surface area (Å²) in [6.45, 7) is 1.00. The van der Waals surface area contributed by atoms with E-state index in [0.29, 0.717) is 36.0 Å². The van der Waals surface area contributed by atoms with Crippen LogP contribution < -0.4 is 9.47 Å². The van der Waals surface area contributed by atoms with E-state index in [1.165, 1.54) is 14.2 Å². The number of aromatic nitrogens is 2. The Kier molecular flexibility index (Phi) is 6.25. The number of hydrogen-bond donors (Lipinski definition) is 2. The Labute approximate surface area is 190 Å². The van der Waals surface area contributed by atoms with Gasteiger partial charge in [-0.2, -0.15) is 5.10 Å². The van der Waals surface area contributed by atoms with Crippen LogP contribution in [-0.2, 0) is 4.74 Å². The number of rotatable bonds is 8. The summed E-state index contributed by atoms with van der Waals surface area (Å²) >= 11 is 6.06. The Bertz CT molecular complexity index is 1100. The summed E-state index contributed by atoms with van der Waals surface area (Å²) in [6, 6.07) is 10.3. The number of phenolic OH excluding ortho intramolecular Hbond substituents is 1. The molecule has 2 heterocycles. The molecule has 0 radical (unpaired) electrons. The molecule has 0 bridgehead atoms. The number of aromatic amines is 1. The second kappa shape index (κ2) is 9.10. The average Bonchev–Trinajstić information content (AvgIpc) is 3.34. The molecule has 0 saturated heterocycles. The highest BCUT2D eigenvalue weighted by molar-refractivity contribution is 6.30. The molecule has 1 aromatic heterocycles. The molecule has 1 atom stereocenters. The van der Waals surface area contributed by atoms with Crippen molar-refractivity contribution in [3.8, 4) is 28.5 Å². The summed E-state index contributed by atoms with van der Waals surface area (Å²) < 4.78 is 15.9.